The summed E-state index contributed by atoms with van der Waals surface area (Å²) in [7, 11) is 0. The molecule has 24 heavy (non-hydrogen) atoms. The summed E-state index contributed by atoms with van der Waals surface area (Å²) in [6.07, 6.45) is 3.24. The molecule has 3 nitrogen and oxygen atoms in total. The predicted molar refractivity (Wildman–Crippen MR) is 97.4 cm³/mol. The summed E-state index contributed by atoms with van der Waals surface area (Å²) in [6.45, 7) is -0.150. The molecular formula is C21H19NO2. The van der Waals surface area contributed by atoms with Crippen LogP contribution in [0.5, 0.6) is 0 Å². The Morgan fingerprint density at radius 1 is 0.958 bits per heavy atom. The van der Waals surface area contributed by atoms with E-state index in [0.717, 1.165) is 21.9 Å². The van der Waals surface area contributed by atoms with Gasteiger partial charge in [-0.15, -0.1) is 0 Å². The number of aliphatic hydroxyl groups excluding tert-OH is 1. The molecule has 0 aliphatic rings. The van der Waals surface area contributed by atoms with E-state index in [4.69, 9.17) is 0 Å². The average Bonchev–Trinajstić information content (AvgIpc) is 2.65. The van der Waals surface area contributed by atoms with Crippen molar-refractivity contribution >= 4 is 22.8 Å². The van der Waals surface area contributed by atoms with Crippen molar-refractivity contribution in [1.82, 2.24) is 5.32 Å². The lowest BCUT2D eigenvalue weighted by atomic mass is 10.0. The van der Waals surface area contributed by atoms with Crippen LogP contribution in [-0.2, 0) is 4.79 Å². The summed E-state index contributed by atoms with van der Waals surface area (Å²) in [6, 6.07) is 23.1. The summed E-state index contributed by atoms with van der Waals surface area (Å²) in [5.41, 5.74) is 1.84. The van der Waals surface area contributed by atoms with E-state index in [1.54, 1.807) is 6.08 Å². The third-order valence-corrected chi connectivity index (χ3v) is 3.90. The minimum absolute atomic E-state index is 0.150. The van der Waals surface area contributed by atoms with Crippen molar-refractivity contribution in [2.75, 3.05) is 6.61 Å². The largest absolute Gasteiger partial charge is 0.394 e. The second-order valence-electron chi connectivity index (χ2n) is 5.59. The number of nitrogens with one attached hydrogen (secondary N) is 1. The Morgan fingerprint density at radius 2 is 1.67 bits per heavy atom. The third kappa shape index (κ3) is 3.89. The van der Waals surface area contributed by atoms with Gasteiger partial charge < -0.3 is 10.4 Å². The van der Waals surface area contributed by atoms with Crippen molar-refractivity contribution in [3.8, 4) is 0 Å². The normalized spacial score (nSPS) is 12.4. The molecule has 0 saturated heterocycles. The number of fused-ring (bicyclic) bond motifs is 1. The fraction of sp³-hybridized carbons (Fsp3) is 0.0952. The zero-order valence-electron chi connectivity index (χ0n) is 13.2. The van der Waals surface area contributed by atoms with Gasteiger partial charge in [-0.1, -0.05) is 66.7 Å². The van der Waals surface area contributed by atoms with Gasteiger partial charge in [0.1, 0.15) is 0 Å². The van der Waals surface area contributed by atoms with Gasteiger partial charge in [0.05, 0.1) is 12.6 Å². The van der Waals surface area contributed by atoms with Crippen molar-refractivity contribution in [3.63, 3.8) is 0 Å². The molecule has 2 N–H and O–H groups in total. The maximum atomic E-state index is 12.1. The van der Waals surface area contributed by atoms with Crippen LogP contribution in [0.2, 0.25) is 0 Å². The van der Waals surface area contributed by atoms with E-state index in [9.17, 15) is 9.90 Å². The smallest absolute Gasteiger partial charge is 0.244 e. The molecule has 0 spiro atoms. The molecule has 3 aromatic rings. The maximum Gasteiger partial charge on any atom is 0.244 e. The molecule has 1 unspecified atom stereocenters. The molecule has 3 aromatic carbocycles. The lowest BCUT2D eigenvalue weighted by Gasteiger charge is -2.16. The van der Waals surface area contributed by atoms with E-state index < -0.39 is 6.04 Å². The van der Waals surface area contributed by atoms with Gasteiger partial charge in [-0.2, -0.15) is 0 Å². The summed E-state index contributed by atoms with van der Waals surface area (Å²) in [5, 5.41) is 14.7. The molecular weight excluding hydrogens is 298 g/mol. The highest BCUT2D eigenvalue weighted by Gasteiger charge is 2.12. The molecule has 3 rings (SSSR count). The van der Waals surface area contributed by atoms with Crippen LogP contribution in [0.25, 0.3) is 16.8 Å². The number of hydrogen-bond donors (Lipinski definition) is 2. The Labute approximate surface area is 141 Å². The van der Waals surface area contributed by atoms with E-state index in [-0.39, 0.29) is 12.5 Å². The minimum Gasteiger partial charge on any atom is -0.394 e. The molecule has 0 radical (unpaired) electrons. The number of amides is 1. The first-order valence-electron chi connectivity index (χ1n) is 7.89. The molecule has 1 amide bonds. The van der Waals surface area contributed by atoms with Crippen LogP contribution in [0, 0.1) is 0 Å². The highest BCUT2D eigenvalue weighted by atomic mass is 16.3. The Morgan fingerprint density at radius 3 is 2.42 bits per heavy atom. The van der Waals surface area contributed by atoms with Gasteiger partial charge in [-0.3, -0.25) is 4.79 Å². The van der Waals surface area contributed by atoms with Gasteiger partial charge in [0, 0.05) is 6.08 Å². The predicted octanol–water partition coefficient (Wildman–Crippen LogP) is 3.70. The average molecular weight is 317 g/mol. The van der Waals surface area contributed by atoms with Gasteiger partial charge in [0.2, 0.25) is 5.91 Å². The van der Waals surface area contributed by atoms with Crippen LogP contribution < -0.4 is 5.32 Å². The van der Waals surface area contributed by atoms with Crippen molar-refractivity contribution < 1.29 is 9.90 Å². The van der Waals surface area contributed by atoms with Gasteiger partial charge in [-0.05, 0) is 34.0 Å². The second-order valence-corrected chi connectivity index (χ2v) is 5.59. The van der Waals surface area contributed by atoms with Crippen molar-refractivity contribution in [2.24, 2.45) is 0 Å². The van der Waals surface area contributed by atoms with Crippen LogP contribution in [0.1, 0.15) is 17.2 Å². The fourth-order valence-corrected chi connectivity index (χ4v) is 2.61. The minimum atomic E-state index is -0.428. The van der Waals surface area contributed by atoms with Crippen LogP contribution in [-0.4, -0.2) is 17.6 Å². The van der Waals surface area contributed by atoms with E-state index in [2.05, 4.69) is 5.32 Å². The highest BCUT2D eigenvalue weighted by molar-refractivity contribution is 5.92. The molecule has 0 heterocycles. The number of benzene rings is 3. The van der Waals surface area contributed by atoms with Gasteiger partial charge in [0.25, 0.3) is 0 Å². The molecule has 0 aromatic heterocycles. The molecule has 0 saturated carbocycles. The summed E-state index contributed by atoms with van der Waals surface area (Å²) in [5.74, 6) is -0.230. The molecule has 1 atom stereocenters. The van der Waals surface area contributed by atoms with Crippen LogP contribution in [0.3, 0.4) is 0 Å². The SMILES string of the molecule is O=C(/C=C/c1ccccc1)NC(CO)c1ccc2ccccc2c1. The summed E-state index contributed by atoms with van der Waals surface area (Å²) >= 11 is 0. The number of rotatable bonds is 5. The number of aliphatic hydroxyl groups is 1. The molecule has 0 aliphatic heterocycles. The molecule has 3 heteroatoms. The van der Waals surface area contributed by atoms with Crippen molar-refractivity contribution in [2.45, 2.75) is 6.04 Å². The van der Waals surface area contributed by atoms with Gasteiger partial charge in [0.15, 0.2) is 0 Å². The number of hydrogen-bond acceptors (Lipinski definition) is 2. The molecule has 0 fully saturated rings. The number of carbonyl (C=O) groups excluding carboxylic acids is 1. The molecule has 0 aliphatic carbocycles. The maximum absolute atomic E-state index is 12.1. The van der Waals surface area contributed by atoms with E-state index in [1.807, 2.05) is 72.8 Å². The Bertz CT molecular complexity index is 856. The standard InChI is InChI=1S/C21H19NO2/c23-15-20(19-12-11-17-8-4-5-9-18(17)14-19)22-21(24)13-10-16-6-2-1-3-7-16/h1-14,20,23H,15H2,(H,22,24)/b13-10+. The Hall–Kier alpha value is -2.91. The first-order chi connectivity index (χ1) is 11.8. The lowest BCUT2D eigenvalue weighted by Crippen LogP contribution is -2.29. The zero-order valence-corrected chi connectivity index (χ0v) is 13.2. The molecule has 0 bridgehead atoms. The van der Waals surface area contributed by atoms with Crippen LogP contribution >= 0.6 is 0 Å². The Balaban J connectivity index is 1.73. The van der Waals surface area contributed by atoms with Crippen LogP contribution in [0.4, 0.5) is 0 Å². The monoisotopic (exact) mass is 317 g/mol. The Kier molecular flexibility index (Phi) is 5.04. The van der Waals surface area contributed by atoms with Gasteiger partial charge in [-0.25, -0.2) is 0 Å². The lowest BCUT2D eigenvalue weighted by molar-refractivity contribution is -0.117. The summed E-state index contributed by atoms with van der Waals surface area (Å²) < 4.78 is 0. The van der Waals surface area contributed by atoms with E-state index in [1.165, 1.54) is 6.08 Å². The van der Waals surface area contributed by atoms with E-state index >= 15 is 0 Å². The van der Waals surface area contributed by atoms with Crippen LogP contribution in [0.15, 0.2) is 78.9 Å². The van der Waals surface area contributed by atoms with Crippen molar-refractivity contribution in [1.29, 1.82) is 0 Å². The van der Waals surface area contributed by atoms with E-state index in [0.29, 0.717) is 0 Å². The first kappa shape index (κ1) is 16.0. The highest BCUT2D eigenvalue weighted by Crippen LogP contribution is 2.20. The topological polar surface area (TPSA) is 49.3 Å². The number of carbonyl (C=O) groups is 1. The third-order valence-electron chi connectivity index (χ3n) is 3.90. The first-order valence-corrected chi connectivity index (χ1v) is 7.89. The van der Waals surface area contributed by atoms with Gasteiger partial charge >= 0.3 is 0 Å². The quantitative estimate of drug-likeness (QED) is 0.705. The van der Waals surface area contributed by atoms with Crippen molar-refractivity contribution in [3.05, 3.63) is 90.0 Å². The summed E-state index contributed by atoms with van der Waals surface area (Å²) in [4.78, 5) is 12.1. The molecule has 120 valence electrons. The zero-order chi connectivity index (χ0) is 16.8. The second kappa shape index (κ2) is 7.57. The fourth-order valence-electron chi connectivity index (χ4n) is 2.61.